The van der Waals surface area contributed by atoms with Crippen molar-refractivity contribution in [3.63, 3.8) is 0 Å². The van der Waals surface area contributed by atoms with Gasteiger partial charge in [0.1, 0.15) is 5.01 Å². The maximum atomic E-state index is 11.7. The molecule has 19 heteroatoms. The van der Waals surface area contributed by atoms with E-state index in [0.717, 1.165) is 17.4 Å². The molecule has 6 rings (SSSR count). The average Bonchev–Trinajstić information content (AvgIpc) is 3.67. The van der Waals surface area contributed by atoms with E-state index in [1.165, 1.54) is 28.9 Å². The molecule has 0 radical (unpaired) electrons. The van der Waals surface area contributed by atoms with Gasteiger partial charge in [0.05, 0.1) is 22.4 Å². The van der Waals surface area contributed by atoms with E-state index < -0.39 is 17.9 Å². The topological polar surface area (TPSA) is 269 Å². The second-order valence-corrected chi connectivity index (χ2v) is 11.0. The molecule has 0 aliphatic carbocycles. The van der Waals surface area contributed by atoms with Gasteiger partial charge in [0, 0.05) is 16.9 Å². The van der Waals surface area contributed by atoms with Crippen LogP contribution >= 0.6 is 11.3 Å². The molecular weight excluding hydrogens is 656 g/mol. The van der Waals surface area contributed by atoms with Crippen molar-refractivity contribution >= 4 is 69.2 Å². The van der Waals surface area contributed by atoms with Crippen LogP contribution in [-0.2, 0) is 0 Å². The third-order valence-corrected chi connectivity index (χ3v) is 7.45. The van der Waals surface area contributed by atoms with Crippen molar-refractivity contribution in [2.75, 3.05) is 16.4 Å². The van der Waals surface area contributed by atoms with Gasteiger partial charge in [-0.25, -0.2) is 14.4 Å². The van der Waals surface area contributed by atoms with Crippen LogP contribution < -0.4 is 16.4 Å². The summed E-state index contributed by atoms with van der Waals surface area (Å²) in [5.41, 5.74) is 7.82. The summed E-state index contributed by atoms with van der Waals surface area (Å²) in [4.78, 5) is 47.9. The number of anilines is 5. The first-order chi connectivity index (χ1) is 23.5. The van der Waals surface area contributed by atoms with Gasteiger partial charge in [0.25, 0.3) is 11.1 Å². The van der Waals surface area contributed by atoms with Gasteiger partial charge in [-0.05, 0) is 49.4 Å². The monoisotopic (exact) mass is 678 g/mol. The summed E-state index contributed by atoms with van der Waals surface area (Å²) < 4.78 is 1.20. The lowest BCUT2D eigenvalue weighted by atomic mass is 10.1. The molecule has 0 saturated heterocycles. The molecule has 6 aromatic rings. The Bertz CT molecular complexity index is 2240. The summed E-state index contributed by atoms with van der Waals surface area (Å²) in [7, 11) is 0. The fraction of sp³-hybridized carbons (Fsp3) is 0.0333. The zero-order chi connectivity index (χ0) is 34.7. The standard InChI is InChI=1S/C30H22N12O6S/c1-14-21(37-39-30-40-38-23(49-30)15-6-5-7-16(10-15)24(43)44)22(31)42(41-14)29-35-27(32-19-8-3-2-4-9-19)34-28(36-29)33-20-12-17(25(45)46)11-18(13-20)26(47)48/h2-13H,31H2,1H3,(H,43,44)(H,45,46)(H,47,48)(H2,32,33,34,35,36)/b39-37+. The van der Waals surface area contributed by atoms with Gasteiger partial charge in [-0.3, -0.25) is 0 Å². The maximum Gasteiger partial charge on any atom is 0.335 e. The number of aromatic nitrogens is 7. The van der Waals surface area contributed by atoms with Crippen molar-refractivity contribution in [2.45, 2.75) is 6.92 Å². The zero-order valence-electron chi connectivity index (χ0n) is 25.0. The number of aryl methyl sites for hydroxylation is 1. The Morgan fingerprint density at radius 1 is 0.755 bits per heavy atom. The molecular formula is C30H22N12O6S. The van der Waals surface area contributed by atoms with Crippen molar-refractivity contribution < 1.29 is 29.7 Å². The number of rotatable bonds is 11. The Morgan fingerprint density at radius 2 is 1.41 bits per heavy atom. The van der Waals surface area contributed by atoms with Crippen molar-refractivity contribution in [3.8, 4) is 16.5 Å². The van der Waals surface area contributed by atoms with Gasteiger partial charge in [0.15, 0.2) is 11.5 Å². The quantitative estimate of drug-likeness (QED) is 0.0928. The fourth-order valence-corrected chi connectivity index (χ4v) is 5.02. The molecule has 244 valence electrons. The summed E-state index contributed by atoms with van der Waals surface area (Å²) in [5, 5.41) is 55.7. The van der Waals surface area contributed by atoms with Gasteiger partial charge in [-0.1, -0.05) is 41.7 Å². The summed E-state index contributed by atoms with van der Waals surface area (Å²) in [6.07, 6.45) is 0. The number of para-hydroxylation sites is 1. The molecule has 0 aliphatic rings. The largest absolute Gasteiger partial charge is 0.478 e. The van der Waals surface area contributed by atoms with Gasteiger partial charge >= 0.3 is 17.9 Å². The van der Waals surface area contributed by atoms with E-state index in [9.17, 15) is 29.7 Å². The van der Waals surface area contributed by atoms with Crippen LogP contribution in [0.2, 0.25) is 0 Å². The second-order valence-electron chi connectivity index (χ2n) is 10.0. The number of carboxylic acid groups (broad SMARTS) is 3. The minimum atomic E-state index is -1.33. The van der Waals surface area contributed by atoms with E-state index in [-0.39, 0.29) is 56.9 Å². The van der Waals surface area contributed by atoms with E-state index >= 15 is 0 Å². The molecule has 49 heavy (non-hydrogen) atoms. The van der Waals surface area contributed by atoms with Crippen LogP contribution in [0.1, 0.15) is 36.8 Å². The Balaban J connectivity index is 1.34. The van der Waals surface area contributed by atoms with E-state index in [1.54, 1.807) is 43.3 Å². The summed E-state index contributed by atoms with van der Waals surface area (Å²) in [6, 6.07) is 18.7. The summed E-state index contributed by atoms with van der Waals surface area (Å²) >= 11 is 1.09. The normalized spacial score (nSPS) is 11.0. The van der Waals surface area contributed by atoms with E-state index in [1.807, 2.05) is 6.07 Å². The van der Waals surface area contributed by atoms with Gasteiger partial charge in [0.2, 0.25) is 11.9 Å². The number of nitrogen functional groups attached to an aromatic ring is 1. The smallest absolute Gasteiger partial charge is 0.335 e. The van der Waals surface area contributed by atoms with E-state index in [0.29, 0.717) is 22.0 Å². The van der Waals surface area contributed by atoms with Gasteiger partial charge < -0.3 is 31.7 Å². The predicted molar refractivity (Wildman–Crippen MR) is 176 cm³/mol. The van der Waals surface area contributed by atoms with Crippen LogP contribution in [0.4, 0.5) is 39.9 Å². The number of carboxylic acids is 3. The van der Waals surface area contributed by atoms with Crippen LogP contribution in [-0.4, -0.2) is 68.2 Å². The van der Waals surface area contributed by atoms with Crippen molar-refractivity contribution in [2.24, 2.45) is 10.2 Å². The van der Waals surface area contributed by atoms with E-state index in [4.69, 9.17) is 5.73 Å². The first-order valence-corrected chi connectivity index (χ1v) is 14.8. The van der Waals surface area contributed by atoms with Crippen LogP contribution in [0.15, 0.2) is 83.0 Å². The molecule has 3 aromatic carbocycles. The summed E-state index contributed by atoms with van der Waals surface area (Å²) in [5.74, 6) is -3.83. The molecule has 0 bridgehead atoms. The second kappa shape index (κ2) is 13.3. The molecule has 0 unspecified atom stereocenters. The third kappa shape index (κ3) is 7.15. The van der Waals surface area contributed by atoms with Crippen LogP contribution in [0.5, 0.6) is 0 Å². The minimum Gasteiger partial charge on any atom is -0.478 e. The number of carbonyl (C=O) groups is 3. The Labute approximate surface area is 278 Å². The van der Waals surface area contributed by atoms with Crippen molar-refractivity contribution in [3.05, 3.63) is 95.2 Å². The fourth-order valence-electron chi connectivity index (χ4n) is 4.36. The molecule has 3 aromatic heterocycles. The first-order valence-electron chi connectivity index (χ1n) is 14.0. The third-order valence-electron chi connectivity index (χ3n) is 6.60. The Morgan fingerprint density at radius 3 is 2.06 bits per heavy atom. The number of hydrogen-bond donors (Lipinski definition) is 6. The first kappa shape index (κ1) is 31.8. The van der Waals surface area contributed by atoms with Gasteiger partial charge in [-0.15, -0.1) is 20.4 Å². The lowest BCUT2D eigenvalue weighted by Crippen LogP contribution is -2.12. The Kier molecular flexibility index (Phi) is 8.63. The molecule has 3 heterocycles. The van der Waals surface area contributed by atoms with Crippen LogP contribution in [0.25, 0.3) is 16.5 Å². The maximum absolute atomic E-state index is 11.7. The number of benzene rings is 3. The average molecular weight is 679 g/mol. The highest BCUT2D eigenvalue weighted by Crippen LogP contribution is 2.33. The summed E-state index contributed by atoms with van der Waals surface area (Å²) in [6.45, 7) is 1.64. The zero-order valence-corrected chi connectivity index (χ0v) is 25.8. The number of nitrogens with zero attached hydrogens (tertiary/aromatic N) is 9. The highest BCUT2D eigenvalue weighted by atomic mass is 32.1. The highest BCUT2D eigenvalue weighted by Gasteiger charge is 2.20. The number of hydrogen-bond acceptors (Lipinski definition) is 15. The van der Waals surface area contributed by atoms with Crippen LogP contribution in [0.3, 0.4) is 0 Å². The SMILES string of the molecule is Cc1nn(-c2nc(Nc3ccccc3)nc(Nc3cc(C(=O)O)cc(C(=O)O)c3)n2)c(N)c1/N=N/c1nnc(-c2cccc(C(=O)O)c2)s1. The minimum absolute atomic E-state index is 0.00370. The Hall–Kier alpha value is -7.15. The van der Waals surface area contributed by atoms with Crippen molar-refractivity contribution in [1.29, 1.82) is 0 Å². The number of nitrogens with one attached hydrogen (secondary N) is 2. The lowest BCUT2D eigenvalue weighted by Gasteiger charge is -2.12. The lowest BCUT2D eigenvalue weighted by molar-refractivity contribution is 0.0682. The molecule has 0 amide bonds. The van der Waals surface area contributed by atoms with E-state index in [2.05, 4.69) is 51.1 Å². The molecule has 7 N–H and O–H groups in total. The molecule has 0 aliphatic heterocycles. The molecule has 18 nitrogen and oxygen atoms in total. The predicted octanol–water partition coefficient (Wildman–Crippen LogP) is 5.46. The number of nitrogens with two attached hydrogens (primary N) is 1. The molecule has 0 fully saturated rings. The highest BCUT2D eigenvalue weighted by molar-refractivity contribution is 7.18. The number of azo groups is 1. The van der Waals surface area contributed by atoms with Crippen LogP contribution in [0, 0.1) is 6.92 Å². The molecule has 0 saturated carbocycles. The molecule has 0 atom stereocenters. The van der Waals surface area contributed by atoms with Crippen molar-refractivity contribution in [1.82, 2.24) is 34.9 Å². The van der Waals surface area contributed by atoms with Gasteiger partial charge in [-0.2, -0.15) is 24.7 Å². The molecule has 0 spiro atoms. The number of aromatic carboxylic acids is 3.